The van der Waals surface area contributed by atoms with E-state index >= 15 is 0 Å². The maximum Gasteiger partial charge on any atom is 0.305 e. The predicted molar refractivity (Wildman–Crippen MR) is 120 cm³/mol. The average molecular weight is 427 g/mol. The minimum atomic E-state index is -0.107. The molecule has 0 bridgehead atoms. The van der Waals surface area contributed by atoms with Crippen LogP contribution in [0.15, 0.2) is 18.2 Å². The molecule has 0 amide bonds. The third kappa shape index (κ3) is 5.18. The molecule has 1 aliphatic heterocycles. The molecule has 2 heterocycles. The SMILES string of the molecule is CCOC(=O)CCCCCn1c2c(c3cc(CN4CCOCC4)ccc31)C(=O)CCC2. The number of nitrogens with zero attached hydrogens (tertiary/aromatic N) is 2. The number of benzene rings is 1. The summed E-state index contributed by atoms with van der Waals surface area (Å²) >= 11 is 0. The van der Waals surface area contributed by atoms with Gasteiger partial charge < -0.3 is 14.0 Å². The molecule has 0 atom stereocenters. The minimum absolute atomic E-state index is 0.107. The highest BCUT2D eigenvalue weighted by Gasteiger charge is 2.26. The van der Waals surface area contributed by atoms with E-state index in [1.54, 1.807) is 0 Å². The molecule has 4 rings (SSSR count). The molecule has 0 spiro atoms. The molecule has 2 aliphatic rings. The van der Waals surface area contributed by atoms with Crippen LogP contribution in [0.3, 0.4) is 0 Å². The van der Waals surface area contributed by atoms with Crippen molar-refractivity contribution in [3.05, 3.63) is 35.0 Å². The first-order chi connectivity index (χ1) is 15.2. The van der Waals surface area contributed by atoms with E-state index in [1.165, 1.54) is 16.8 Å². The van der Waals surface area contributed by atoms with Crippen molar-refractivity contribution in [1.82, 2.24) is 9.47 Å². The molecule has 168 valence electrons. The number of carbonyl (C=O) groups excluding carboxylic acids is 2. The van der Waals surface area contributed by atoms with Gasteiger partial charge in [0, 0.05) is 61.2 Å². The summed E-state index contributed by atoms with van der Waals surface area (Å²) in [5.74, 6) is 0.181. The van der Waals surface area contributed by atoms with E-state index in [1.807, 2.05) is 6.92 Å². The van der Waals surface area contributed by atoms with Crippen LogP contribution in [-0.2, 0) is 33.8 Å². The number of carbonyl (C=O) groups is 2. The lowest BCUT2D eigenvalue weighted by Gasteiger charge is -2.26. The van der Waals surface area contributed by atoms with Gasteiger partial charge >= 0.3 is 5.97 Å². The van der Waals surface area contributed by atoms with Gasteiger partial charge in [-0.3, -0.25) is 14.5 Å². The zero-order valence-electron chi connectivity index (χ0n) is 18.7. The first kappa shape index (κ1) is 22.0. The second-order valence-corrected chi connectivity index (χ2v) is 8.61. The number of morpholine rings is 1. The van der Waals surface area contributed by atoms with Crippen LogP contribution in [0.1, 0.15) is 67.1 Å². The Hall–Kier alpha value is -2.18. The maximum absolute atomic E-state index is 12.8. The van der Waals surface area contributed by atoms with Crippen LogP contribution in [0.2, 0.25) is 0 Å². The summed E-state index contributed by atoms with van der Waals surface area (Å²) in [5, 5.41) is 1.12. The molecular weight excluding hydrogens is 392 g/mol. The highest BCUT2D eigenvalue weighted by atomic mass is 16.5. The van der Waals surface area contributed by atoms with E-state index in [4.69, 9.17) is 9.47 Å². The standard InChI is InChI=1S/C25H34N2O4/c1-2-31-24(29)9-4-3-5-12-27-21-11-10-19(18-26-13-15-30-16-14-26)17-20(21)25-22(27)7-6-8-23(25)28/h10-11,17H,2-9,12-16,18H2,1H3. The van der Waals surface area contributed by atoms with E-state index in [-0.39, 0.29) is 11.8 Å². The van der Waals surface area contributed by atoms with Gasteiger partial charge in [-0.05, 0) is 50.3 Å². The van der Waals surface area contributed by atoms with Crippen molar-refractivity contribution >= 4 is 22.7 Å². The van der Waals surface area contributed by atoms with Crippen LogP contribution in [0.4, 0.5) is 0 Å². The molecule has 0 radical (unpaired) electrons. The van der Waals surface area contributed by atoms with Gasteiger partial charge in [-0.15, -0.1) is 0 Å². The molecule has 1 aliphatic carbocycles. The number of esters is 1. The summed E-state index contributed by atoms with van der Waals surface area (Å²) in [5.41, 5.74) is 4.61. The Morgan fingerprint density at radius 1 is 1.13 bits per heavy atom. The normalized spacial score (nSPS) is 17.1. The second-order valence-electron chi connectivity index (χ2n) is 8.61. The molecule has 2 aromatic rings. The van der Waals surface area contributed by atoms with Crippen molar-refractivity contribution in [2.45, 2.75) is 65.0 Å². The zero-order valence-corrected chi connectivity index (χ0v) is 18.7. The number of hydrogen-bond donors (Lipinski definition) is 0. The van der Waals surface area contributed by atoms with Crippen LogP contribution in [0.5, 0.6) is 0 Å². The zero-order chi connectivity index (χ0) is 21.6. The van der Waals surface area contributed by atoms with E-state index in [9.17, 15) is 9.59 Å². The molecule has 1 fully saturated rings. The van der Waals surface area contributed by atoms with Gasteiger partial charge in [-0.2, -0.15) is 0 Å². The molecule has 1 aromatic heterocycles. The molecule has 6 nitrogen and oxygen atoms in total. The number of fused-ring (bicyclic) bond motifs is 3. The summed E-state index contributed by atoms with van der Waals surface area (Å²) in [6, 6.07) is 6.66. The molecule has 0 N–H and O–H groups in total. The summed E-state index contributed by atoms with van der Waals surface area (Å²) < 4.78 is 12.8. The lowest BCUT2D eigenvalue weighted by atomic mass is 9.94. The van der Waals surface area contributed by atoms with E-state index in [0.29, 0.717) is 19.4 Å². The Balaban J connectivity index is 1.50. The Morgan fingerprint density at radius 3 is 2.77 bits per heavy atom. The number of aromatic nitrogens is 1. The number of ether oxygens (including phenoxy) is 2. The highest BCUT2D eigenvalue weighted by Crippen LogP contribution is 2.33. The van der Waals surface area contributed by atoms with Gasteiger partial charge in [0.05, 0.1) is 19.8 Å². The van der Waals surface area contributed by atoms with E-state index in [0.717, 1.165) is 82.4 Å². The number of Topliss-reactive ketones (excluding diaryl/α,β-unsaturated/α-hetero) is 1. The van der Waals surface area contributed by atoms with Crippen LogP contribution in [0, 0.1) is 0 Å². The Morgan fingerprint density at radius 2 is 1.97 bits per heavy atom. The van der Waals surface area contributed by atoms with Crippen molar-refractivity contribution in [1.29, 1.82) is 0 Å². The smallest absolute Gasteiger partial charge is 0.305 e. The Bertz CT molecular complexity index is 927. The predicted octanol–water partition coefficient (Wildman–Crippen LogP) is 4.12. The minimum Gasteiger partial charge on any atom is -0.466 e. The summed E-state index contributed by atoms with van der Waals surface area (Å²) in [4.78, 5) is 26.8. The van der Waals surface area contributed by atoms with Gasteiger partial charge in [0.1, 0.15) is 0 Å². The highest BCUT2D eigenvalue weighted by molar-refractivity contribution is 6.10. The lowest BCUT2D eigenvalue weighted by molar-refractivity contribution is -0.143. The van der Waals surface area contributed by atoms with Crippen LogP contribution >= 0.6 is 0 Å². The lowest BCUT2D eigenvalue weighted by Crippen LogP contribution is -2.35. The van der Waals surface area contributed by atoms with Gasteiger partial charge in [0.25, 0.3) is 0 Å². The van der Waals surface area contributed by atoms with Crippen molar-refractivity contribution in [3.63, 3.8) is 0 Å². The number of unbranched alkanes of at least 4 members (excludes halogenated alkanes) is 2. The van der Waals surface area contributed by atoms with Crippen LogP contribution in [0.25, 0.3) is 10.9 Å². The quantitative estimate of drug-likeness (QED) is 0.446. The van der Waals surface area contributed by atoms with Crippen molar-refractivity contribution in [3.8, 4) is 0 Å². The number of hydrogen-bond acceptors (Lipinski definition) is 5. The Labute approximate surface area is 184 Å². The third-order valence-electron chi connectivity index (χ3n) is 6.41. The van der Waals surface area contributed by atoms with Gasteiger partial charge in [-0.25, -0.2) is 0 Å². The number of aryl methyl sites for hydroxylation is 1. The van der Waals surface area contributed by atoms with Crippen LogP contribution in [-0.4, -0.2) is 54.1 Å². The fraction of sp³-hybridized carbons (Fsp3) is 0.600. The van der Waals surface area contributed by atoms with Gasteiger partial charge in [0.15, 0.2) is 5.78 Å². The van der Waals surface area contributed by atoms with Crippen molar-refractivity contribution in [2.75, 3.05) is 32.9 Å². The monoisotopic (exact) mass is 426 g/mol. The average Bonchev–Trinajstić information content (AvgIpc) is 3.08. The fourth-order valence-electron chi connectivity index (χ4n) is 4.89. The molecule has 1 saturated heterocycles. The van der Waals surface area contributed by atoms with Crippen molar-refractivity contribution in [2.24, 2.45) is 0 Å². The van der Waals surface area contributed by atoms with Gasteiger partial charge in [-0.1, -0.05) is 12.5 Å². The maximum atomic E-state index is 12.8. The number of rotatable bonds is 9. The summed E-state index contributed by atoms with van der Waals surface area (Å²) in [7, 11) is 0. The fourth-order valence-corrected chi connectivity index (χ4v) is 4.89. The molecule has 0 saturated carbocycles. The molecule has 6 heteroatoms. The third-order valence-corrected chi connectivity index (χ3v) is 6.41. The summed E-state index contributed by atoms with van der Waals surface area (Å²) in [6.45, 7) is 7.59. The van der Waals surface area contributed by atoms with Gasteiger partial charge in [0.2, 0.25) is 0 Å². The first-order valence-electron chi connectivity index (χ1n) is 11.8. The topological polar surface area (TPSA) is 60.8 Å². The van der Waals surface area contributed by atoms with Crippen LogP contribution < -0.4 is 0 Å². The molecule has 31 heavy (non-hydrogen) atoms. The molecule has 0 unspecified atom stereocenters. The van der Waals surface area contributed by atoms with Crippen molar-refractivity contribution < 1.29 is 19.1 Å². The summed E-state index contributed by atoms with van der Waals surface area (Å²) in [6.07, 6.45) is 5.88. The first-order valence-corrected chi connectivity index (χ1v) is 11.8. The van der Waals surface area contributed by atoms with E-state index < -0.39 is 0 Å². The largest absolute Gasteiger partial charge is 0.466 e. The number of ketones is 1. The molecular formula is C25H34N2O4. The Kier molecular flexibility index (Phi) is 7.41. The second kappa shape index (κ2) is 10.4. The van der Waals surface area contributed by atoms with E-state index in [2.05, 4.69) is 27.7 Å². The molecule has 1 aromatic carbocycles.